The van der Waals surface area contributed by atoms with Crippen LogP contribution in [0.1, 0.15) is 25.3 Å². The summed E-state index contributed by atoms with van der Waals surface area (Å²) in [6.45, 7) is 2.14. The third-order valence-corrected chi connectivity index (χ3v) is 6.29. The van der Waals surface area contributed by atoms with E-state index in [0.29, 0.717) is 10.9 Å². The molecule has 0 aliphatic heterocycles. The molecule has 1 aromatic heterocycles. The Morgan fingerprint density at radius 2 is 1.92 bits per heavy atom. The van der Waals surface area contributed by atoms with Gasteiger partial charge in [-0.1, -0.05) is 36.8 Å². The number of aryl methyl sites for hydroxylation is 1. The van der Waals surface area contributed by atoms with E-state index in [1.807, 2.05) is 24.3 Å². The summed E-state index contributed by atoms with van der Waals surface area (Å²) in [5.41, 5.74) is 1.88. The largest absolute Gasteiger partial charge is 0.497 e. The lowest BCUT2D eigenvalue weighted by Gasteiger charge is -2.06. The molecule has 0 saturated carbocycles. The van der Waals surface area contributed by atoms with Crippen molar-refractivity contribution in [3.63, 3.8) is 0 Å². The van der Waals surface area contributed by atoms with Crippen LogP contribution in [0.15, 0.2) is 47.4 Å². The van der Waals surface area contributed by atoms with Crippen LogP contribution >= 0.6 is 11.3 Å². The molecule has 0 fully saturated rings. The van der Waals surface area contributed by atoms with E-state index >= 15 is 0 Å². The van der Waals surface area contributed by atoms with Crippen LogP contribution in [0.3, 0.4) is 0 Å². The number of ether oxygens (including phenoxy) is 1. The second-order valence-corrected chi connectivity index (χ2v) is 8.42. The zero-order chi connectivity index (χ0) is 17.9. The number of rotatable bonds is 7. The van der Waals surface area contributed by atoms with Gasteiger partial charge in [-0.3, -0.25) is 4.72 Å². The summed E-state index contributed by atoms with van der Waals surface area (Å²) in [5, 5.41) is 0.346. The molecule has 0 aliphatic rings. The molecule has 0 saturated heterocycles. The first-order valence-corrected chi connectivity index (χ1v) is 10.4. The number of benzene rings is 2. The maximum atomic E-state index is 12.6. The predicted molar refractivity (Wildman–Crippen MR) is 102 cm³/mol. The summed E-state index contributed by atoms with van der Waals surface area (Å²) in [6, 6.07) is 12.5. The van der Waals surface area contributed by atoms with Gasteiger partial charge in [0.05, 0.1) is 22.2 Å². The molecule has 1 N–H and O–H groups in total. The maximum absolute atomic E-state index is 12.6. The second kappa shape index (κ2) is 7.41. The molecule has 7 heteroatoms. The Balaban J connectivity index is 1.81. The number of methoxy groups -OCH3 is 1. The van der Waals surface area contributed by atoms with Gasteiger partial charge in [0.2, 0.25) is 0 Å². The first-order valence-electron chi connectivity index (χ1n) is 8.08. The predicted octanol–water partition coefficient (Wildman–Crippen LogP) is 4.45. The highest BCUT2D eigenvalue weighted by Gasteiger charge is 2.16. The van der Waals surface area contributed by atoms with Crippen LogP contribution in [-0.2, 0) is 16.4 Å². The van der Waals surface area contributed by atoms with Crippen molar-refractivity contribution in [1.29, 1.82) is 0 Å². The van der Waals surface area contributed by atoms with Crippen molar-refractivity contribution in [1.82, 2.24) is 4.98 Å². The molecule has 25 heavy (non-hydrogen) atoms. The summed E-state index contributed by atoms with van der Waals surface area (Å²) >= 11 is 1.28. The van der Waals surface area contributed by atoms with E-state index in [2.05, 4.69) is 16.6 Å². The number of hydrogen-bond donors (Lipinski definition) is 1. The van der Waals surface area contributed by atoms with Crippen LogP contribution in [0.4, 0.5) is 5.13 Å². The van der Waals surface area contributed by atoms with Crippen molar-refractivity contribution in [3.8, 4) is 5.75 Å². The summed E-state index contributed by atoms with van der Waals surface area (Å²) in [6.07, 6.45) is 3.17. The van der Waals surface area contributed by atoms with Crippen LogP contribution in [0.25, 0.3) is 10.2 Å². The molecule has 5 nitrogen and oxygen atoms in total. The smallest absolute Gasteiger partial charge is 0.263 e. The Bertz CT molecular complexity index is 964. The quantitative estimate of drug-likeness (QED) is 0.661. The highest BCUT2D eigenvalue weighted by atomic mass is 32.2. The SMILES string of the molecule is CCCCc1ccc(S(=O)(=O)Nc2nc3ccc(OC)cc3s2)cc1. The number of thiazole rings is 1. The van der Waals surface area contributed by atoms with E-state index < -0.39 is 10.0 Å². The standard InChI is InChI=1S/C18H20N2O3S2/c1-3-4-5-13-6-9-15(10-7-13)25(21,22)20-18-19-16-11-8-14(23-2)12-17(16)24-18/h6-12H,3-5H2,1-2H3,(H,19,20). The van der Waals surface area contributed by atoms with Crippen LogP contribution < -0.4 is 9.46 Å². The third-order valence-electron chi connectivity index (χ3n) is 3.87. The number of anilines is 1. The highest BCUT2D eigenvalue weighted by molar-refractivity contribution is 7.93. The van der Waals surface area contributed by atoms with Gasteiger partial charge in [0.1, 0.15) is 5.75 Å². The lowest BCUT2D eigenvalue weighted by atomic mass is 10.1. The van der Waals surface area contributed by atoms with Crippen LogP contribution in [-0.4, -0.2) is 20.5 Å². The normalized spacial score (nSPS) is 11.6. The van der Waals surface area contributed by atoms with Crippen LogP contribution in [0.5, 0.6) is 5.75 Å². The number of hydrogen-bond acceptors (Lipinski definition) is 5. The Morgan fingerprint density at radius 1 is 1.16 bits per heavy atom. The number of nitrogens with one attached hydrogen (secondary N) is 1. The van der Waals surface area contributed by atoms with E-state index in [0.717, 1.165) is 35.0 Å². The second-order valence-electron chi connectivity index (χ2n) is 5.71. The van der Waals surface area contributed by atoms with Gasteiger partial charge in [0.25, 0.3) is 10.0 Å². The first kappa shape index (κ1) is 17.7. The minimum Gasteiger partial charge on any atom is -0.497 e. The zero-order valence-corrected chi connectivity index (χ0v) is 15.8. The van der Waals surface area contributed by atoms with Gasteiger partial charge in [0.15, 0.2) is 5.13 Å². The minimum atomic E-state index is -3.65. The zero-order valence-electron chi connectivity index (χ0n) is 14.2. The number of unbranched alkanes of at least 4 members (excludes halogenated alkanes) is 1. The van der Waals surface area contributed by atoms with Gasteiger partial charge in [-0.25, -0.2) is 13.4 Å². The van der Waals surface area contributed by atoms with Crippen molar-refractivity contribution in [2.75, 3.05) is 11.8 Å². The van der Waals surface area contributed by atoms with E-state index in [1.165, 1.54) is 11.3 Å². The summed E-state index contributed by atoms with van der Waals surface area (Å²) in [5.74, 6) is 0.716. The first-order chi connectivity index (χ1) is 12.0. The molecule has 1 heterocycles. The summed E-state index contributed by atoms with van der Waals surface area (Å²) in [7, 11) is -2.05. The van der Waals surface area contributed by atoms with Crippen LogP contribution in [0.2, 0.25) is 0 Å². The van der Waals surface area contributed by atoms with Gasteiger partial charge >= 0.3 is 0 Å². The van der Waals surface area contributed by atoms with E-state index in [-0.39, 0.29) is 4.90 Å². The molecule has 0 radical (unpaired) electrons. The Morgan fingerprint density at radius 3 is 2.60 bits per heavy atom. The maximum Gasteiger partial charge on any atom is 0.263 e. The van der Waals surface area contributed by atoms with E-state index in [9.17, 15) is 8.42 Å². The number of fused-ring (bicyclic) bond motifs is 1. The molecule has 0 aliphatic carbocycles. The molecule has 0 unspecified atom stereocenters. The molecular weight excluding hydrogens is 356 g/mol. The molecule has 3 rings (SSSR count). The van der Waals surface area contributed by atoms with Crippen molar-refractivity contribution in [2.24, 2.45) is 0 Å². The molecule has 2 aromatic carbocycles. The van der Waals surface area contributed by atoms with Crippen molar-refractivity contribution < 1.29 is 13.2 Å². The third kappa shape index (κ3) is 4.11. The fraction of sp³-hybridized carbons (Fsp3) is 0.278. The molecule has 3 aromatic rings. The Kier molecular flexibility index (Phi) is 5.24. The van der Waals surface area contributed by atoms with Gasteiger partial charge in [-0.05, 0) is 48.7 Å². The lowest BCUT2D eigenvalue weighted by Crippen LogP contribution is -2.12. The van der Waals surface area contributed by atoms with Crippen molar-refractivity contribution in [3.05, 3.63) is 48.0 Å². The van der Waals surface area contributed by atoms with Gasteiger partial charge in [-0.15, -0.1) is 0 Å². The number of aromatic nitrogens is 1. The molecule has 0 bridgehead atoms. The monoisotopic (exact) mass is 376 g/mol. The van der Waals surface area contributed by atoms with Gasteiger partial charge in [-0.2, -0.15) is 0 Å². The molecule has 132 valence electrons. The minimum absolute atomic E-state index is 0.240. The van der Waals surface area contributed by atoms with Crippen molar-refractivity contribution in [2.45, 2.75) is 31.1 Å². The number of sulfonamides is 1. The van der Waals surface area contributed by atoms with Gasteiger partial charge in [0, 0.05) is 0 Å². The molecule has 0 amide bonds. The van der Waals surface area contributed by atoms with Crippen LogP contribution in [0, 0.1) is 0 Å². The van der Waals surface area contributed by atoms with Crippen molar-refractivity contribution >= 4 is 36.7 Å². The lowest BCUT2D eigenvalue weighted by molar-refractivity contribution is 0.415. The highest BCUT2D eigenvalue weighted by Crippen LogP contribution is 2.30. The molecule has 0 atom stereocenters. The average molecular weight is 377 g/mol. The Hall–Kier alpha value is -2.12. The fourth-order valence-corrected chi connectivity index (χ4v) is 4.59. The fourth-order valence-electron chi connectivity index (χ4n) is 2.47. The topological polar surface area (TPSA) is 68.3 Å². The molecular formula is C18H20N2O3S2. The average Bonchev–Trinajstić information content (AvgIpc) is 3.00. The van der Waals surface area contributed by atoms with Gasteiger partial charge < -0.3 is 4.74 Å². The van der Waals surface area contributed by atoms with E-state index in [4.69, 9.17) is 4.74 Å². The summed E-state index contributed by atoms with van der Waals surface area (Å²) in [4.78, 5) is 4.57. The van der Waals surface area contributed by atoms with E-state index in [1.54, 1.807) is 25.3 Å². The Labute approximate surface area is 151 Å². The number of nitrogens with zero attached hydrogens (tertiary/aromatic N) is 1. The molecule has 0 spiro atoms. The summed E-state index contributed by atoms with van der Waals surface area (Å²) < 4.78 is 33.7.